The standard InChI is InChI=1S/C10H14N2/c1-8-6-9(4-5-11)7-12(8)10-2-3-10/h4,8,10H,2-3,6-7H2,1H3. The van der Waals surface area contributed by atoms with Crippen molar-refractivity contribution in [3.05, 3.63) is 11.6 Å². The van der Waals surface area contributed by atoms with Crippen molar-refractivity contribution in [1.82, 2.24) is 4.90 Å². The summed E-state index contributed by atoms with van der Waals surface area (Å²) < 4.78 is 0. The maximum atomic E-state index is 8.51. The minimum Gasteiger partial charge on any atom is -0.293 e. The Kier molecular flexibility index (Phi) is 1.90. The molecule has 0 spiro atoms. The molecule has 1 saturated carbocycles. The Morgan fingerprint density at radius 3 is 2.92 bits per heavy atom. The van der Waals surface area contributed by atoms with Crippen molar-refractivity contribution < 1.29 is 0 Å². The van der Waals surface area contributed by atoms with E-state index in [0.29, 0.717) is 6.04 Å². The van der Waals surface area contributed by atoms with Crippen molar-refractivity contribution in [2.75, 3.05) is 6.54 Å². The van der Waals surface area contributed by atoms with Crippen LogP contribution < -0.4 is 0 Å². The molecule has 2 rings (SSSR count). The highest BCUT2D eigenvalue weighted by Gasteiger charge is 2.36. The maximum absolute atomic E-state index is 8.51. The fourth-order valence-corrected chi connectivity index (χ4v) is 2.04. The molecule has 1 aliphatic carbocycles. The smallest absolute Gasteiger partial charge is 0.0912 e. The summed E-state index contributed by atoms with van der Waals surface area (Å²) in [6, 6.07) is 3.62. The SMILES string of the molecule is CC1CC(=CC#N)CN1C1CC1. The lowest BCUT2D eigenvalue weighted by Crippen LogP contribution is -2.28. The minimum atomic E-state index is 0.664. The van der Waals surface area contributed by atoms with Crippen molar-refractivity contribution in [3.63, 3.8) is 0 Å². The van der Waals surface area contributed by atoms with Gasteiger partial charge in [-0.2, -0.15) is 5.26 Å². The van der Waals surface area contributed by atoms with E-state index in [4.69, 9.17) is 5.26 Å². The molecule has 0 aromatic heterocycles. The van der Waals surface area contributed by atoms with Gasteiger partial charge in [-0.05, 0) is 31.8 Å². The Balaban J connectivity index is 2.02. The van der Waals surface area contributed by atoms with Crippen LogP contribution in [0.5, 0.6) is 0 Å². The molecule has 1 saturated heterocycles. The normalized spacial score (nSPS) is 34.0. The first-order chi connectivity index (χ1) is 5.81. The second kappa shape index (κ2) is 2.91. The second-order valence-corrected chi connectivity index (χ2v) is 3.89. The molecule has 12 heavy (non-hydrogen) atoms. The van der Waals surface area contributed by atoms with Crippen LogP contribution in [0.1, 0.15) is 26.2 Å². The molecule has 2 nitrogen and oxygen atoms in total. The molecular weight excluding hydrogens is 148 g/mol. The van der Waals surface area contributed by atoms with Gasteiger partial charge in [-0.3, -0.25) is 4.90 Å². The maximum Gasteiger partial charge on any atom is 0.0912 e. The van der Waals surface area contributed by atoms with Crippen molar-refractivity contribution in [2.24, 2.45) is 0 Å². The highest BCUT2D eigenvalue weighted by Crippen LogP contribution is 2.34. The van der Waals surface area contributed by atoms with Gasteiger partial charge < -0.3 is 0 Å². The molecule has 64 valence electrons. The first-order valence-corrected chi connectivity index (χ1v) is 4.64. The van der Waals surface area contributed by atoms with Gasteiger partial charge in [-0.25, -0.2) is 0 Å². The summed E-state index contributed by atoms with van der Waals surface area (Å²) >= 11 is 0. The number of likely N-dealkylation sites (tertiary alicyclic amines) is 1. The van der Waals surface area contributed by atoms with Crippen molar-refractivity contribution >= 4 is 0 Å². The summed E-state index contributed by atoms with van der Waals surface area (Å²) in [5.74, 6) is 0. The molecule has 2 heteroatoms. The van der Waals surface area contributed by atoms with Crippen LogP contribution >= 0.6 is 0 Å². The predicted molar refractivity (Wildman–Crippen MR) is 47.5 cm³/mol. The molecule has 0 aromatic carbocycles. The molecule has 1 atom stereocenters. The number of nitriles is 1. The summed E-state index contributed by atoms with van der Waals surface area (Å²) in [6.07, 6.45) is 5.55. The molecule has 1 heterocycles. The van der Waals surface area contributed by atoms with Crippen LogP contribution in [0.25, 0.3) is 0 Å². The van der Waals surface area contributed by atoms with Crippen LogP contribution in [0.3, 0.4) is 0 Å². The Morgan fingerprint density at radius 2 is 2.33 bits per heavy atom. The monoisotopic (exact) mass is 162 g/mol. The van der Waals surface area contributed by atoms with Gasteiger partial charge in [-0.15, -0.1) is 0 Å². The van der Waals surface area contributed by atoms with E-state index in [0.717, 1.165) is 19.0 Å². The molecule has 0 amide bonds. The third-order valence-corrected chi connectivity index (χ3v) is 2.79. The van der Waals surface area contributed by atoms with Gasteiger partial charge in [0.25, 0.3) is 0 Å². The van der Waals surface area contributed by atoms with E-state index in [1.54, 1.807) is 6.08 Å². The summed E-state index contributed by atoms with van der Waals surface area (Å²) in [6.45, 7) is 3.30. The van der Waals surface area contributed by atoms with E-state index in [1.165, 1.54) is 18.4 Å². The summed E-state index contributed by atoms with van der Waals surface area (Å²) in [4.78, 5) is 2.53. The number of rotatable bonds is 1. The summed E-state index contributed by atoms with van der Waals surface area (Å²) in [5, 5.41) is 8.51. The van der Waals surface area contributed by atoms with Crippen LogP contribution in [-0.4, -0.2) is 23.5 Å². The van der Waals surface area contributed by atoms with Crippen LogP contribution in [-0.2, 0) is 0 Å². The Bertz CT molecular complexity index is 245. The Labute approximate surface area is 73.5 Å². The lowest BCUT2D eigenvalue weighted by atomic mass is 10.2. The van der Waals surface area contributed by atoms with Crippen LogP contribution in [0.15, 0.2) is 11.6 Å². The van der Waals surface area contributed by atoms with Gasteiger partial charge in [-0.1, -0.05) is 0 Å². The average molecular weight is 162 g/mol. The number of allylic oxidation sites excluding steroid dienone is 1. The van der Waals surface area contributed by atoms with Gasteiger partial charge >= 0.3 is 0 Å². The zero-order chi connectivity index (χ0) is 8.55. The molecule has 1 unspecified atom stereocenters. The molecule has 0 N–H and O–H groups in total. The van der Waals surface area contributed by atoms with Crippen LogP contribution in [0, 0.1) is 11.3 Å². The van der Waals surface area contributed by atoms with E-state index in [9.17, 15) is 0 Å². The lowest BCUT2D eigenvalue weighted by molar-refractivity contribution is 0.260. The molecule has 0 aromatic rings. The lowest BCUT2D eigenvalue weighted by Gasteiger charge is -2.18. The van der Waals surface area contributed by atoms with Crippen LogP contribution in [0.2, 0.25) is 0 Å². The largest absolute Gasteiger partial charge is 0.293 e. The number of hydrogen-bond donors (Lipinski definition) is 0. The van der Waals surface area contributed by atoms with Gasteiger partial charge in [0.15, 0.2) is 0 Å². The van der Waals surface area contributed by atoms with Gasteiger partial charge in [0.2, 0.25) is 0 Å². The van der Waals surface area contributed by atoms with Gasteiger partial charge in [0, 0.05) is 24.7 Å². The zero-order valence-electron chi connectivity index (χ0n) is 7.45. The third kappa shape index (κ3) is 1.37. The molecular formula is C10H14N2. The van der Waals surface area contributed by atoms with Gasteiger partial charge in [0.05, 0.1) is 6.07 Å². The molecule has 0 radical (unpaired) electrons. The average Bonchev–Trinajstić information content (AvgIpc) is 2.79. The molecule has 2 aliphatic rings. The quantitative estimate of drug-likeness (QED) is 0.549. The van der Waals surface area contributed by atoms with Crippen molar-refractivity contribution in [2.45, 2.75) is 38.3 Å². The number of hydrogen-bond acceptors (Lipinski definition) is 2. The van der Waals surface area contributed by atoms with E-state index in [2.05, 4.69) is 17.9 Å². The first-order valence-electron chi connectivity index (χ1n) is 4.64. The topological polar surface area (TPSA) is 27.0 Å². The van der Waals surface area contributed by atoms with Crippen LogP contribution in [0.4, 0.5) is 0 Å². The Hall–Kier alpha value is -0.810. The van der Waals surface area contributed by atoms with Crippen molar-refractivity contribution in [1.29, 1.82) is 5.26 Å². The van der Waals surface area contributed by atoms with Gasteiger partial charge in [0.1, 0.15) is 0 Å². The fraction of sp³-hybridized carbons (Fsp3) is 0.700. The molecule has 2 fully saturated rings. The van der Waals surface area contributed by atoms with E-state index in [-0.39, 0.29) is 0 Å². The third-order valence-electron chi connectivity index (χ3n) is 2.79. The molecule has 1 aliphatic heterocycles. The van der Waals surface area contributed by atoms with E-state index >= 15 is 0 Å². The highest BCUT2D eigenvalue weighted by atomic mass is 15.2. The minimum absolute atomic E-state index is 0.664. The zero-order valence-corrected chi connectivity index (χ0v) is 7.45. The van der Waals surface area contributed by atoms with Crippen molar-refractivity contribution in [3.8, 4) is 6.07 Å². The Morgan fingerprint density at radius 1 is 1.58 bits per heavy atom. The number of nitrogens with zero attached hydrogens (tertiary/aromatic N) is 2. The fourth-order valence-electron chi connectivity index (χ4n) is 2.04. The highest BCUT2D eigenvalue weighted by molar-refractivity contribution is 5.20. The summed E-state index contributed by atoms with van der Waals surface area (Å²) in [7, 11) is 0. The van der Waals surface area contributed by atoms with E-state index in [1.807, 2.05) is 0 Å². The first kappa shape index (κ1) is 7.82. The predicted octanol–water partition coefficient (Wildman–Crippen LogP) is 1.69. The summed E-state index contributed by atoms with van der Waals surface area (Å²) in [5.41, 5.74) is 1.32. The van der Waals surface area contributed by atoms with E-state index < -0.39 is 0 Å². The molecule has 0 bridgehead atoms. The second-order valence-electron chi connectivity index (χ2n) is 3.89.